The molecule has 0 radical (unpaired) electrons. The monoisotopic (exact) mass is 270 g/mol. The molecule has 2 fully saturated rings. The van der Waals surface area contributed by atoms with Crippen LogP contribution >= 0.6 is 0 Å². The molecule has 0 saturated carbocycles. The van der Waals surface area contributed by atoms with Gasteiger partial charge in [0.25, 0.3) is 0 Å². The first-order valence-corrected chi connectivity index (χ1v) is 6.97. The molecule has 108 valence electrons. The van der Waals surface area contributed by atoms with E-state index in [0.29, 0.717) is 26.1 Å². The predicted molar refractivity (Wildman–Crippen MR) is 68.7 cm³/mol. The molecule has 0 aliphatic carbocycles. The van der Waals surface area contributed by atoms with Gasteiger partial charge in [-0.25, -0.2) is 9.59 Å². The summed E-state index contributed by atoms with van der Waals surface area (Å²) in [5.74, 6) is -0.664. The number of aliphatic carboxylic acids is 1. The van der Waals surface area contributed by atoms with Crippen molar-refractivity contribution in [1.29, 1.82) is 0 Å². The Balaban J connectivity index is 1.92. The summed E-state index contributed by atoms with van der Waals surface area (Å²) in [7, 11) is 0. The lowest BCUT2D eigenvalue weighted by molar-refractivity contribution is -0.141. The summed E-state index contributed by atoms with van der Waals surface area (Å²) < 4.78 is 0. The summed E-state index contributed by atoms with van der Waals surface area (Å²) >= 11 is 0. The first-order valence-electron chi connectivity index (χ1n) is 6.97. The maximum absolute atomic E-state index is 12.3. The predicted octanol–water partition coefficient (Wildman–Crippen LogP) is 0.748. The Morgan fingerprint density at radius 3 is 2.32 bits per heavy atom. The molecule has 0 aromatic rings. The second kappa shape index (κ2) is 5.77. The Morgan fingerprint density at radius 2 is 1.79 bits per heavy atom. The van der Waals surface area contributed by atoms with Crippen LogP contribution in [0.15, 0.2) is 0 Å². The first kappa shape index (κ1) is 14.1. The van der Waals surface area contributed by atoms with Gasteiger partial charge in [-0.2, -0.15) is 0 Å². The van der Waals surface area contributed by atoms with E-state index in [4.69, 9.17) is 5.11 Å². The summed E-state index contributed by atoms with van der Waals surface area (Å²) in [4.78, 5) is 26.6. The van der Waals surface area contributed by atoms with Gasteiger partial charge in [0, 0.05) is 19.6 Å². The molecule has 2 saturated heterocycles. The number of carboxylic acids is 1. The van der Waals surface area contributed by atoms with Crippen molar-refractivity contribution in [3.8, 4) is 0 Å². The van der Waals surface area contributed by atoms with Gasteiger partial charge in [-0.15, -0.1) is 0 Å². The number of amides is 2. The van der Waals surface area contributed by atoms with Gasteiger partial charge in [0.1, 0.15) is 6.04 Å². The zero-order valence-corrected chi connectivity index (χ0v) is 11.3. The fraction of sp³-hybridized carbons (Fsp3) is 0.846. The highest BCUT2D eigenvalue weighted by Gasteiger charge is 2.37. The van der Waals surface area contributed by atoms with Gasteiger partial charge >= 0.3 is 12.0 Å². The second-order valence-electron chi connectivity index (χ2n) is 5.54. The second-order valence-corrected chi connectivity index (χ2v) is 5.54. The highest BCUT2D eigenvalue weighted by atomic mass is 16.4. The number of carbonyl (C=O) groups is 2. The topological polar surface area (TPSA) is 81.1 Å². The van der Waals surface area contributed by atoms with Gasteiger partial charge in [-0.3, -0.25) is 0 Å². The van der Waals surface area contributed by atoms with Crippen LogP contribution in [0.4, 0.5) is 4.79 Å². The molecule has 19 heavy (non-hydrogen) atoms. The molecule has 0 bridgehead atoms. The van der Waals surface area contributed by atoms with Gasteiger partial charge in [0.05, 0.1) is 6.10 Å². The minimum atomic E-state index is -0.912. The Kier molecular flexibility index (Phi) is 4.29. The Hall–Kier alpha value is -1.30. The highest BCUT2D eigenvalue weighted by Crippen LogP contribution is 2.24. The molecule has 1 unspecified atom stereocenters. The quantitative estimate of drug-likeness (QED) is 0.776. The van der Waals surface area contributed by atoms with Crippen molar-refractivity contribution in [2.75, 3.05) is 19.6 Å². The molecule has 2 rings (SSSR count). The van der Waals surface area contributed by atoms with Crippen LogP contribution in [0.25, 0.3) is 0 Å². The van der Waals surface area contributed by atoms with Crippen molar-refractivity contribution < 1.29 is 19.8 Å². The first-order chi connectivity index (χ1) is 9.00. The molecule has 0 spiro atoms. The van der Waals surface area contributed by atoms with Crippen molar-refractivity contribution in [1.82, 2.24) is 9.80 Å². The number of nitrogens with zero attached hydrogens (tertiary/aromatic N) is 2. The number of rotatable bonds is 2. The van der Waals surface area contributed by atoms with E-state index in [0.717, 1.165) is 19.3 Å². The fourth-order valence-corrected chi connectivity index (χ4v) is 3.01. The van der Waals surface area contributed by atoms with E-state index in [9.17, 15) is 14.7 Å². The Morgan fingerprint density at radius 1 is 1.16 bits per heavy atom. The lowest BCUT2D eigenvalue weighted by Crippen LogP contribution is -2.50. The lowest BCUT2D eigenvalue weighted by atomic mass is 9.92. The molecular formula is C13H22N2O4. The van der Waals surface area contributed by atoms with Crippen molar-refractivity contribution in [2.24, 2.45) is 5.92 Å². The van der Waals surface area contributed by atoms with Crippen LogP contribution < -0.4 is 0 Å². The highest BCUT2D eigenvalue weighted by molar-refractivity contribution is 5.83. The van der Waals surface area contributed by atoms with Crippen LogP contribution in [-0.4, -0.2) is 63.8 Å². The average Bonchev–Trinajstić information content (AvgIpc) is 2.87. The number of hydrogen-bond acceptors (Lipinski definition) is 3. The third-order valence-corrected chi connectivity index (χ3v) is 4.28. The van der Waals surface area contributed by atoms with Crippen LogP contribution in [0.1, 0.15) is 32.6 Å². The molecule has 0 aromatic heterocycles. The molecule has 6 nitrogen and oxygen atoms in total. The van der Waals surface area contributed by atoms with E-state index in [1.54, 1.807) is 11.8 Å². The van der Waals surface area contributed by atoms with E-state index < -0.39 is 12.0 Å². The van der Waals surface area contributed by atoms with E-state index >= 15 is 0 Å². The molecular weight excluding hydrogens is 248 g/mol. The van der Waals surface area contributed by atoms with Crippen LogP contribution in [-0.2, 0) is 4.79 Å². The number of aliphatic hydroxyl groups excluding tert-OH is 1. The minimum absolute atomic E-state index is 0.158. The number of carbonyl (C=O) groups excluding carboxylic acids is 1. The number of piperidine rings is 1. The van der Waals surface area contributed by atoms with Gasteiger partial charge in [-0.1, -0.05) is 0 Å². The van der Waals surface area contributed by atoms with Crippen molar-refractivity contribution in [2.45, 2.75) is 44.8 Å². The molecule has 2 N–H and O–H groups in total. The number of hydrogen-bond donors (Lipinski definition) is 2. The number of urea groups is 1. The molecule has 2 atom stereocenters. The zero-order valence-electron chi connectivity index (χ0n) is 11.3. The van der Waals surface area contributed by atoms with E-state index in [2.05, 4.69) is 0 Å². The van der Waals surface area contributed by atoms with E-state index in [1.807, 2.05) is 0 Å². The summed E-state index contributed by atoms with van der Waals surface area (Å²) in [5, 5.41) is 18.6. The van der Waals surface area contributed by atoms with Crippen molar-refractivity contribution >= 4 is 12.0 Å². The Bertz CT molecular complexity index is 351. The third kappa shape index (κ3) is 3.00. The summed E-state index contributed by atoms with van der Waals surface area (Å²) in [6.45, 7) is 3.53. The largest absolute Gasteiger partial charge is 0.480 e. The van der Waals surface area contributed by atoms with Crippen LogP contribution in [0.3, 0.4) is 0 Å². The molecule has 2 aliphatic rings. The third-order valence-electron chi connectivity index (χ3n) is 4.28. The average molecular weight is 270 g/mol. The summed E-state index contributed by atoms with van der Waals surface area (Å²) in [6, 6.07) is -0.823. The molecule has 2 heterocycles. The summed E-state index contributed by atoms with van der Waals surface area (Å²) in [6.07, 6.45) is 2.54. The number of carboxylic acid groups (broad SMARTS) is 1. The maximum Gasteiger partial charge on any atom is 0.326 e. The molecule has 2 aliphatic heterocycles. The molecule has 0 aromatic carbocycles. The van der Waals surface area contributed by atoms with Gasteiger partial charge in [0.15, 0.2) is 0 Å². The van der Waals surface area contributed by atoms with Crippen LogP contribution in [0.2, 0.25) is 0 Å². The number of aliphatic hydroxyl groups is 1. The standard InChI is InChI=1S/C13H22N2O4/c1-9(16)10-4-7-14(8-5-10)13(19)15-6-2-3-11(15)12(17)18/h9-11,16H,2-8H2,1H3,(H,17,18)/t9?,11-/m0/s1. The van der Waals surface area contributed by atoms with Crippen LogP contribution in [0, 0.1) is 5.92 Å². The van der Waals surface area contributed by atoms with Crippen molar-refractivity contribution in [3.63, 3.8) is 0 Å². The van der Waals surface area contributed by atoms with Gasteiger partial charge < -0.3 is 20.0 Å². The Labute approximate surface area is 113 Å². The normalized spacial score (nSPS) is 26.5. The van der Waals surface area contributed by atoms with Crippen LogP contribution in [0.5, 0.6) is 0 Å². The molecule has 6 heteroatoms. The zero-order chi connectivity index (χ0) is 14.0. The SMILES string of the molecule is CC(O)C1CCN(C(=O)N2CCC[C@H]2C(=O)O)CC1. The van der Waals surface area contributed by atoms with E-state index in [-0.39, 0.29) is 18.1 Å². The fourth-order valence-electron chi connectivity index (χ4n) is 3.01. The van der Waals surface area contributed by atoms with E-state index in [1.165, 1.54) is 4.90 Å². The maximum atomic E-state index is 12.3. The number of likely N-dealkylation sites (tertiary alicyclic amines) is 2. The minimum Gasteiger partial charge on any atom is -0.480 e. The summed E-state index contributed by atoms with van der Waals surface area (Å²) in [5.41, 5.74) is 0. The molecule has 2 amide bonds. The van der Waals surface area contributed by atoms with Gasteiger partial charge in [-0.05, 0) is 38.5 Å². The smallest absolute Gasteiger partial charge is 0.326 e. The lowest BCUT2D eigenvalue weighted by Gasteiger charge is -2.36. The van der Waals surface area contributed by atoms with Crippen molar-refractivity contribution in [3.05, 3.63) is 0 Å². The van der Waals surface area contributed by atoms with Gasteiger partial charge in [0.2, 0.25) is 0 Å².